The number of ether oxygens (including phenoxy) is 1. The van der Waals surface area contributed by atoms with Crippen molar-refractivity contribution in [1.82, 2.24) is 10.2 Å². The van der Waals surface area contributed by atoms with Gasteiger partial charge in [-0.3, -0.25) is 15.0 Å². The molecule has 0 spiro atoms. The number of amides is 3. The van der Waals surface area contributed by atoms with Crippen LogP contribution in [0.1, 0.15) is 0 Å². The minimum Gasteiger partial charge on any atom is -0.394 e. The van der Waals surface area contributed by atoms with Gasteiger partial charge in [0, 0.05) is 0 Å². The maximum Gasteiger partial charge on any atom is 0.328 e. The summed E-state index contributed by atoms with van der Waals surface area (Å²) in [5.74, 6) is -1.31. The molecule has 2 unspecified atom stereocenters. The van der Waals surface area contributed by atoms with Crippen LogP contribution in [-0.4, -0.2) is 80.8 Å². The van der Waals surface area contributed by atoms with Crippen LogP contribution >= 0.6 is 0 Å². The zero-order valence-electron chi connectivity index (χ0n) is 9.51. The van der Waals surface area contributed by atoms with E-state index in [4.69, 9.17) is 9.84 Å². The van der Waals surface area contributed by atoms with Crippen LogP contribution in [-0.2, 0) is 9.53 Å². The highest BCUT2D eigenvalue weighted by atomic mass is 19.1. The predicted molar refractivity (Wildman–Crippen MR) is 54.0 cm³/mol. The molecule has 3 amide bonds. The molecule has 0 aliphatic carbocycles. The number of hydrogen-bond acceptors (Lipinski definition) is 7. The molecule has 0 aromatic rings. The number of aliphatic hydroxyl groups is 4. The van der Waals surface area contributed by atoms with Gasteiger partial charge in [0.05, 0.1) is 6.61 Å². The third kappa shape index (κ3) is 2.17. The van der Waals surface area contributed by atoms with Crippen LogP contribution in [0, 0.1) is 0 Å². The van der Waals surface area contributed by atoms with Crippen LogP contribution in [0.5, 0.6) is 0 Å². The first-order valence-corrected chi connectivity index (χ1v) is 5.46. The molecule has 2 aliphatic rings. The van der Waals surface area contributed by atoms with E-state index in [2.05, 4.69) is 0 Å². The van der Waals surface area contributed by atoms with Gasteiger partial charge in [-0.25, -0.2) is 9.18 Å². The van der Waals surface area contributed by atoms with Crippen molar-refractivity contribution in [3.8, 4) is 0 Å². The molecule has 0 aromatic carbocycles. The van der Waals surface area contributed by atoms with E-state index in [0.29, 0.717) is 4.90 Å². The van der Waals surface area contributed by atoms with Gasteiger partial charge < -0.3 is 25.2 Å². The fourth-order valence-corrected chi connectivity index (χ4v) is 2.01. The van der Waals surface area contributed by atoms with E-state index < -0.39 is 55.5 Å². The summed E-state index contributed by atoms with van der Waals surface area (Å²) in [5, 5.41) is 39.2. The first kappa shape index (κ1) is 14.1. The number of halogens is 1. The highest BCUT2D eigenvalue weighted by Gasteiger charge is 2.52. The average Bonchev–Trinajstić information content (AvgIpc) is 2.64. The van der Waals surface area contributed by atoms with Gasteiger partial charge in [0.1, 0.15) is 18.3 Å². The lowest BCUT2D eigenvalue weighted by Gasteiger charge is -2.38. The first-order chi connectivity index (χ1) is 8.88. The maximum atomic E-state index is 13.3. The number of aliphatic hydroxyl groups excluding tert-OH is 4. The molecule has 9 nitrogen and oxygen atoms in total. The van der Waals surface area contributed by atoms with Crippen molar-refractivity contribution in [2.45, 2.75) is 36.9 Å². The number of nitrogens with zero attached hydrogens (tertiary/aromatic N) is 1. The topological polar surface area (TPSA) is 140 Å². The molecular weight excluding hydrogens is 267 g/mol. The van der Waals surface area contributed by atoms with Crippen molar-refractivity contribution in [2.24, 2.45) is 0 Å². The lowest BCUT2D eigenvalue weighted by Crippen LogP contribution is -2.66. The Kier molecular flexibility index (Phi) is 3.69. The van der Waals surface area contributed by atoms with Gasteiger partial charge >= 0.3 is 6.03 Å². The van der Waals surface area contributed by atoms with Crippen molar-refractivity contribution in [2.75, 3.05) is 6.61 Å². The normalized spacial score (nSPS) is 43.5. The summed E-state index contributed by atoms with van der Waals surface area (Å²) in [6, 6.07) is -1.17. The van der Waals surface area contributed by atoms with Gasteiger partial charge in [-0.1, -0.05) is 0 Å². The second-order valence-corrected chi connectivity index (χ2v) is 4.25. The highest BCUT2D eigenvalue weighted by Crippen LogP contribution is 2.27. The number of hydrogen-bond donors (Lipinski definition) is 5. The predicted octanol–water partition coefficient (Wildman–Crippen LogP) is -3.37. The number of rotatable bonds is 2. The van der Waals surface area contributed by atoms with Crippen molar-refractivity contribution < 1.29 is 39.1 Å². The van der Waals surface area contributed by atoms with E-state index in [9.17, 15) is 29.3 Å². The Morgan fingerprint density at radius 3 is 2.42 bits per heavy atom. The van der Waals surface area contributed by atoms with Crippen molar-refractivity contribution in [1.29, 1.82) is 0 Å². The number of nitrogens with one attached hydrogen (secondary N) is 1. The fraction of sp³-hybridized carbons (Fsp3) is 0.778. The summed E-state index contributed by atoms with van der Waals surface area (Å²) in [6.45, 7) is -0.641. The van der Waals surface area contributed by atoms with Gasteiger partial charge in [0.15, 0.2) is 12.5 Å². The Morgan fingerprint density at radius 2 is 1.89 bits per heavy atom. The second kappa shape index (κ2) is 4.98. The SMILES string of the molecule is O=C1NC(=O)N([C@@H]2O[C@H](CO)[C@@H](O)[C@H]2O)C(O)C1F. The van der Waals surface area contributed by atoms with Crippen molar-refractivity contribution in [3.63, 3.8) is 0 Å². The van der Waals surface area contributed by atoms with Crippen LogP contribution < -0.4 is 5.32 Å². The largest absolute Gasteiger partial charge is 0.394 e. The number of alkyl halides is 1. The Labute approximate surface area is 106 Å². The third-order valence-corrected chi connectivity index (χ3v) is 3.05. The molecule has 108 valence electrons. The quantitative estimate of drug-likeness (QED) is 0.356. The lowest BCUT2D eigenvalue weighted by atomic mass is 10.1. The number of carbonyl (C=O) groups excluding carboxylic acids is 2. The fourth-order valence-electron chi connectivity index (χ4n) is 2.01. The average molecular weight is 280 g/mol. The maximum absolute atomic E-state index is 13.3. The molecule has 0 radical (unpaired) electrons. The van der Waals surface area contributed by atoms with E-state index in [1.807, 2.05) is 0 Å². The van der Waals surface area contributed by atoms with Crippen LogP contribution in [0.15, 0.2) is 0 Å². The standard InChI is InChI=1S/C9H13FN2O7/c10-3-6(16)11-9(18)12(7(3)17)8-5(15)4(14)2(1-13)19-8/h2-5,7-8,13-15,17H,1H2,(H,11,16,18)/t2-,3?,4-,5-,7?,8-/m1/s1. The molecule has 19 heavy (non-hydrogen) atoms. The van der Waals surface area contributed by atoms with Crippen LogP contribution in [0.25, 0.3) is 0 Å². The summed E-state index contributed by atoms with van der Waals surface area (Å²) in [4.78, 5) is 22.9. The van der Waals surface area contributed by atoms with Crippen molar-refractivity contribution >= 4 is 11.9 Å². The molecule has 5 N–H and O–H groups in total. The van der Waals surface area contributed by atoms with Gasteiger partial charge in [0.25, 0.3) is 5.91 Å². The van der Waals surface area contributed by atoms with E-state index in [1.165, 1.54) is 0 Å². The molecule has 2 saturated heterocycles. The van der Waals surface area contributed by atoms with Gasteiger partial charge in [-0.05, 0) is 0 Å². The lowest BCUT2D eigenvalue weighted by molar-refractivity contribution is -0.166. The Bertz CT molecular complexity index is 395. The van der Waals surface area contributed by atoms with E-state index in [1.54, 1.807) is 5.32 Å². The van der Waals surface area contributed by atoms with Crippen LogP contribution in [0.3, 0.4) is 0 Å². The van der Waals surface area contributed by atoms with Gasteiger partial charge in [0.2, 0.25) is 6.17 Å². The number of imide groups is 1. The summed E-state index contributed by atoms with van der Waals surface area (Å²) in [7, 11) is 0. The Morgan fingerprint density at radius 1 is 1.26 bits per heavy atom. The molecule has 2 rings (SSSR count). The summed E-state index contributed by atoms with van der Waals surface area (Å²) >= 11 is 0. The number of carbonyl (C=O) groups is 2. The summed E-state index contributed by atoms with van der Waals surface area (Å²) in [5.41, 5.74) is 0. The molecule has 0 aromatic heterocycles. The third-order valence-electron chi connectivity index (χ3n) is 3.05. The smallest absolute Gasteiger partial charge is 0.328 e. The molecule has 2 aliphatic heterocycles. The van der Waals surface area contributed by atoms with Crippen molar-refractivity contribution in [3.05, 3.63) is 0 Å². The molecule has 0 saturated carbocycles. The monoisotopic (exact) mass is 280 g/mol. The highest BCUT2D eigenvalue weighted by molar-refractivity contribution is 5.99. The second-order valence-electron chi connectivity index (χ2n) is 4.25. The first-order valence-electron chi connectivity index (χ1n) is 5.46. The van der Waals surface area contributed by atoms with Gasteiger partial charge in [-0.15, -0.1) is 0 Å². The molecule has 2 fully saturated rings. The minimum absolute atomic E-state index is 0.371. The van der Waals surface area contributed by atoms with Crippen LogP contribution in [0.2, 0.25) is 0 Å². The van der Waals surface area contributed by atoms with E-state index in [-0.39, 0.29) is 0 Å². The van der Waals surface area contributed by atoms with Gasteiger partial charge in [-0.2, -0.15) is 0 Å². The summed E-state index contributed by atoms with van der Waals surface area (Å²) in [6.07, 6.45) is -10.5. The summed E-state index contributed by atoms with van der Waals surface area (Å²) < 4.78 is 18.3. The Balaban J connectivity index is 2.21. The molecule has 0 bridgehead atoms. The Hall–Kier alpha value is -1.33. The van der Waals surface area contributed by atoms with E-state index in [0.717, 1.165) is 0 Å². The molecule has 2 heterocycles. The molecule has 6 atom stereocenters. The molecular formula is C9H13FN2O7. The zero-order chi connectivity index (χ0) is 14.3. The van der Waals surface area contributed by atoms with E-state index >= 15 is 0 Å². The minimum atomic E-state index is -2.40. The number of urea groups is 1. The molecule has 10 heteroatoms. The van der Waals surface area contributed by atoms with Crippen LogP contribution in [0.4, 0.5) is 9.18 Å². The zero-order valence-corrected chi connectivity index (χ0v) is 9.51.